The first kappa shape index (κ1) is 10.4. The van der Waals surface area contributed by atoms with Crippen molar-refractivity contribution in [3.05, 3.63) is 24.0 Å². The van der Waals surface area contributed by atoms with Crippen molar-refractivity contribution in [2.24, 2.45) is 0 Å². The minimum Gasteiger partial charge on any atom is -0.284 e. The molecule has 0 aliphatic carbocycles. The van der Waals surface area contributed by atoms with Crippen molar-refractivity contribution in [1.82, 2.24) is 14.5 Å². The van der Waals surface area contributed by atoms with Crippen LogP contribution in [0.25, 0.3) is 0 Å². The van der Waals surface area contributed by atoms with E-state index in [0.29, 0.717) is 13.1 Å². The van der Waals surface area contributed by atoms with Crippen LogP contribution in [0.2, 0.25) is 0 Å². The highest BCUT2D eigenvalue weighted by Gasteiger charge is 2.25. The fourth-order valence-corrected chi connectivity index (χ4v) is 2.79. The summed E-state index contributed by atoms with van der Waals surface area (Å²) in [4.78, 5) is 0.232. The van der Waals surface area contributed by atoms with Gasteiger partial charge in [-0.1, -0.05) is 11.6 Å². The monoisotopic (exact) mass is 227 g/mol. The smallest absolute Gasteiger partial charge is 0.246 e. The van der Waals surface area contributed by atoms with Crippen molar-refractivity contribution < 1.29 is 8.42 Å². The highest BCUT2D eigenvalue weighted by atomic mass is 32.2. The predicted molar refractivity (Wildman–Crippen MR) is 55.7 cm³/mol. The van der Waals surface area contributed by atoms with Gasteiger partial charge >= 0.3 is 0 Å². The third-order valence-corrected chi connectivity index (χ3v) is 4.34. The molecule has 0 radical (unpaired) electrons. The number of nitrogens with zero attached hydrogens (tertiary/aromatic N) is 2. The fourth-order valence-electron chi connectivity index (χ4n) is 1.50. The van der Waals surface area contributed by atoms with Gasteiger partial charge in [-0.25, -0.2) is 8.42 Å². The van der Waals surface area contributed by atoms with Gasteiger partial charge in [-0.3, -0.25) is 5.10 Å². The number of H-pyrrole nitrogens is 1. The van der Waals surface area contributed by atoms with E-state index in [1.54, 1.807) is 0 Å². The minimum absolute atomic E-state index is 0.232. The van der Waals surface area contributed by atoms with Gasteiger partial charge in [0.15, 0.2) is 0 Å². The molecule has 0 unspecified atom stereocenters. The van der Waals surface area contributed by atoms with Crippen LogP contribution in [0.1, 0.15) is 13.3 Å². The van der Waals surface area contributed by atoms with E-state index in [9.17, 15) is 8.42 Å². The molecule has 0 bridgehead atoms. The van der Waals surface area contributed by atoms with E-state index in [0.717, 1.165) is 6.42 Å². The van der Waals surface area contributed by atoms with Gasteiger partial charge in [0.25, 0.3) is 0 Å². The molecule has 2 rings (SSSR count). The van der Waals surface area contributed by atoms with E-state index in [1.807, 2.05) is 13.0 Å². The van der Waals surface area contributed by atoms with Crippen LogP contribution in [-0.2, 0) is 10.0 Å². The second kappa shape index (κ2) is 3.79. The highest BCUT2D eigenvalue weighted by Crippen LogP contribution is 2.18. The summed E-state index contributed by atoms with van der Waals surface area (Å²) in [5.74, 6) is 0. The van der Waals surface area contributed by atoms with Crippen LogP contribution >= 0.6 is 0 Å². The van der Waals surface area contributed by atoms with E-state index in [1.165, 1.54) is 22.3 Å². The van der Waals surface area contributed by atoms with E-state index >= 15 is 0 Å². The van der Waals surface area contributed by atoms with Gasteiger partial charge in [-0.2, -0.15) is 9.40 Å². The number of rotatable bonds is 2. The fraction of sp³-hybridized carbons (Fsp3) is 0.444. The van der Waals surface area contributed by atoms with Gasteiger partial charge in [0.05, 0.1) is 6.20 Å². The molecule has 0 aromatic carbocycles. The van der Waals surface area contributed by atoms with Crippen LogP contribution in [0.15, 0.2) is 28.9 Å². The van der Waals surface area contributed by atoms with Gasteiger partial charge in [-0.15, -0.1) is 0 Å². The topological polar surface area (TPSA) is 66.1 Å². The zero-order valence-electron chi connectivity index (χ0n) is 8.47. The zero-order valence-corrected chi connectivity index (χ0v) is 9.29. The van der Waals surface area contributed by atoms with Gasteiger partial charge in [0, 0.05) is 19.3 Å². The van der Waals surface area contributed by atoms with Crippen LogP contribution in [0.5, 0.6) is 0 Å². The molecule has 0 amide bonds. The molecule has 0 saturated carbocycles. The molecule has 0 fully saturated rings. The number of sulfonamides is 1. The Morgan fingerprint density at radius 3 is 2.87 bits per heavy atom. The number of aromatic amines is 1. The number of nitrogens with one attached hydrogen (secondary N) is 1. The minimum atomic E-state index is -3.35. The van der Waals surface area contributed by atoms with Gasteiger partial charge < -0.3 is 0 Å². The van der Waals surface area contributed by atoms with Gasteiger partial charge in [-0.05, 0) is 13.3 Å². The lowest BCUT2D eigenvalue weighted by molar-refractivity contribution is 0.431. The number of hydrogen-bond acceptors (Lipinski definition) is 3. The Kier molecular flexibility index (Phi) is 2.62. The third-order valence-electron chi connectivity index (χ3n) is 2.51. The molecule has 1 N–H and O–H groups in total. The Morgan fingerprint density at radius 2 is 2.33 bits per heavy atom. The molecule has 0 saturated heterocycles. The van der Waals surface area contributed by atoms with Crippen LogP contribution in [0, 0.1) is 0 Å². The standard InChI is InChI=1S/C9H13N3O2S/c1-8-2-4-12(5-3-8)15(13,14)9-6-10-11-7-9/h2,6-7H,3-5H2,1H3,(H,10,11). The first-order chi connectivity index (χ1) is 7.10. The zero-order chi connectivity index (χ0) is 10.9. The summed E-state index contributed by atoms with van der Waals surface area (Å²) >= 11 is 0. The lowest BCUT2D eigenvalue weighted by Crippen LogP contribution is -2.34. The van der Waals surface area contributed by atoms with E-state index < -0.39 is 10.0 Å². The molecular formula is C9H13N3O2S. The SMILES string of the molecule is CC1=CCN(S(=O)(=O)c2cn[nH]c2)CC1. The Morgan fingerprint density at radius 1 is 1.53 bits per heavy atom. The maximum Gasteiger partial charge on any atom is 0.246 e. The Hall–Kier alpha value is -1.14. The summed E-state index contributed by atoms with van der Waals surface area (Å²) in [5.41, 5.74) is 1.24. The maximum atomic E-state index is 12.0. The van der Waals surface area contributed by atoms with Crippen LogP contribution < -0.4 is 0 Å². The molecule has 1 aliphatic heterocycles. The largest absolute Gasteiger partial charge is 0.284 e. The molecule has 0 spiro atoms. The summed E-state index contributed by atoms with van der Waals surface area (Å²) in [6, 6.07) is 0. The molecule has 5 nitrogen and oxygen atoms in total. The third kappa shape index (κ3) is 1.95. The molecule has 2 heterocycles. The lowest BCUT2D eigenvalue weighted by atomic mass is 10.1. The molecule has 0 atom stereocenters. The second-order valence-corrected chi connectivity index (χ2v) is 5.54. The highest BCUT2D eigenvalue weighted by molar-refractivity contribution is 7.89. The number of aromatic nitrogens is 2. The Labute approximate surface area is 88.8 Å². The average molecular weight is 227 g/mol. The molecular weight excluding hydrogens is 214 g/mol. The summed E-state index contributed by atoms with van der Waals surface area (Å²) in [6.07, 6.45) is 5.49. The van der Waals surface area contributed by atoms with Crippen molar-refractivity contribution in [3.63, 3.8) is 0 Å². The van der Waals surface area contributed by atoms with Crippen LogP contribution in [-0.4, -0.2) is 36.0 Å². The van der Waals surface area contributed by atoms with Crippen molar-refractivity contribution in [3.8, 4) is 0 Å². The van der Waals surface area contributed by atoms with Crippen LogP contribution in [0.4, 0.5) is 0 Å². The number of hydrogen-bond donors (Lipinski definition) is 1. The lowest BCUT2D eigenvalue weighted by Gasteiger charge is -2.23. The average Bonchev–Trinajstić information content (AvgIpc) is 2.71. The van der Waals surface area contributed by atoms with Crippen molar-refractivity contribution in [1.29, 1.82) is 0 Å². The molecule has 1 aliphatic rings. The maximum absolute atomic E-state index is 12.0. The molecule has 82 valence electrons. The summed E-state index contributed by atoms with van der Waals surface area (Å²) in [7, 11) is -3.35. The Balaban J connectivity index is 2.25. The summed E-state index contributed by atoms with van der Waals surface area (Å²) in [5, 5.41) is 6.16. The van der Waals surface area contributed by atoms with E-state index in [2.05, 4.69) is 10.2 Å². The van der Waals surface area contributed by atoms with Crippen LogP contribution in [0.3, 0.4) is 0 Å². The Bertz CT molecular complexity index is 462. The first-order valence-corrected chi connectivity index (χ1v) is 6.19. The van der Waals surface area contributed by atoms with Crippen molar-refractivity contribution in [2.75, 3.05) is 13.1 Å². The molecule has 1 aromatic rings. The molecule has 6 heteroatoms. The van der Waals surface area contributed by atoms with E-state index in [4.69, 9.17) is 0 Å². The summed E-state index contributed by atoms with van der Waals surface area (Å²) < 4.78 is 25.4. The van der Waals surface area contributed by atoms with E-state index in [-0.39, 0.29) is 4.90 Å². The second-order valence-electron chi connectivity index (χ2n) is 3.60. The van der Waals surface area contributed by atoms with Gasteiger partial charge in [0.1, 0.15) is 4.90 Å². The molecule has 15 heavy (non-hydrogen) atoms. The predicted octanol–water partition coefficient (Wildman–Crippen LogP) is 0.750. The normalized spacial score (nSPS) is 18.9. The quantitative estimate of drug-likeness (QED) is 0.758. The van der Waals surface area contributed by atoms with Crippen molar-refractivity contribution >= 4 is 10.0 Å². The molecule has 1 aromatic heterocycles. The summed E-state index contributed by atoms with van der Waals surface area (Å²) in [6.45, 7) is 3.02. The van der Waals surface area contributed by atoms with Crippen molar-refractivity contribution in [2.45, 2.75) is 18.2 Å². The van der Waals surface area contributed by atoms with Gasteiger partial charge in [0.2, 0.25) is 10.0 Å². The first-order valence-electron chi connectivity index (χ1n) is 4.75.